The van der Waals surface area contributed by atoms with Gasteiger partial charge in [0.2, 0.25) is 15.0 Å². The minimum Gasteiger partial charge on any atom is -0.460 e. The van der Waals surface area contributed by atoms with E-state index in [0.717, 1.165) is 12.0 Å². The van der Waals surface area contributed by atoms with E-state index in [1.807, 2.05) is 17.0 Å². The van der Waals surface area contributed by atoms with Gasteiger partial charge in [-0.25, -0.2) is 13.4 Å². The number of nitrogens with one attached hydrogen (secondary N) is 1. The third-order valence-corrected chi connectivity index (χ3v) is 6.17. The summed E-state index contributed by atoms with van der Waals surface area (Å²) in [7, 11) is -3.57. The Morgan fingerprint density at radius 1 is 1.24 bits per heavy atom. The molecule has 1 aromatic carbocycles. The van der Waals surface area contributed by atoms with Crippen LogP contribution in [0.2, 0.25) is 10.0 Å². The van der Waals surface area contributed by atoms with Gasteiger partial charge in [-0.15, -0.1) is 0 Å². The highest BCUT2D eigenvalue weighted by molar-refractivity contribution is 7.90. The van der Waals surface area contributed by atoms with Crippen LogP contribution >= 0.6 is 23.2 Å². The van der Waals surface area contributed by atoms with Crippen molar-refractivity contribution in [1.29, 1.82) is 0 Å². The zero-order valence-electron chi connectivity index (χ0n) is 15.4. The second-order valence-electron chi connectivity index (χ2n) is 6.92. The van der Waals surface area contributed by atoms with Crippen molar-refractivity contribution in [3.05, 3.63) is 67.7 Å². The largest absolute Gasteiger partial charge is 0.460 e. The van der Waals surface area contributed by atoms with Gasteiger partial charge < -0.3 is 4.42 Å². The van der Waals surface area contributed by atoms with Gasteiger partial charge in [0, 0.05) is 36.4 Å². The molecule has 0 spiro atoms. The molecule has 0 fully saturated rings. The van der Waals surface area contributed by atoms with Gasteiger partial charge in [-0.05, 0) is 30.3 Å². The van der Waals surface area contributed by atoms with Crippen molar-refractivity contribution in [1.82, 2.24) is 14.9 Å². The SMILES string of the molecule is CS(=O)(=O)c1nc2c(c(=O)[nH]1)CN(Cc1ccc(-c3cc(Cl)ccc3Cl)o1)CC2. The van der Waals surface area contributed by atoms with E-state index in [1.54, 1.807) is 18.2 Å². The Morgan fingerprint density at radius 3 is 2.79 bits per heavy atom. The van der Waals surface area contributed by atoms with E-state index in [4.69, 9.17) is 27.6 Å². The Bertz CT molecular complexity index is 1250. The van der Waals surface area contributed by atoms with Crippen LogP contribution in [0.15, 0.2) is 44.7 Å². The lowest BCUT2D eigenvalue weighted by molar-refractivity contribution is 0.222. The first-order chi connectivity index (χ1) is 13.7. The van der Waals surface area contributed by atoms with Gasteiger partial charge in [0.15, 0.2) is 0 Å². The van der Waals surface area contributed by atoms with Crippen LogP contribution in [0.1, 0.15) is 17.0 Å². The number of aromatic amines is 1. The van der Waals surface area contributed by atoms with Crippen LogP contribution in [0.25, 0.3) is 11.3 Å². The number of furan rings is 1. The number of nitrogens with zero attached hydrogens (tertiary/aromatic N) is 2. The van der Waals surface area contributed by atoms with Crippen LogP contribution in [0, 0.1) is 0 Å². The smallest absolute Gasteiger partial charge is 0.256 e. The van der Waals surface area contributed by atoms with Crippen molar-refractivity contribution in [2.45, 2.75) is 24.7 Å². The molecule has 2 aromatic heterocycles. The normalized spacial score (nSPS) is 14.7. The molecule has 3 heterocycles. The molecule has 7 nitrogen and oxygen atoms in total. The third kappa shape index (κ3) is 4.25. The second-order valence-corrected chi connectivity index (χ2v) is 9.69. The number of fused-ring (bicyclic) bond motifs is 1. The zero-order valence-corrected chi connectivity index (χ0v) is 17.7. The zero-order chi connectivity index (χ0) is 20.8. The third-order valence-electron chi connectivity index (χ3n) is 4.71. The molecule has 3 aromatic rings. The fourth-order valence-corrected chi connectivity index (χ4v) is 4.22. The Morgan fingerprint density at radius 2 is 2.03 bits per heavy atom. The molecule has 0 unspecified atom stereocenters. The fraction of sp³-hybridized carbons (Fsp3) is 0.263. The van der Waals surface area contributed by atoms with E-state index in [1.165, 1.54) is 0 Å². The summed E-state index contributed by atoms with van der Waals surface area (Å²) >= 11 is 12.3. The Hall–Kier alpha value is -2.13. The van der Waals surface area contributed by atoms with E-state index < -0.39 is 15.4 Å². The molecular weight excluding hydrogens is 437 g/mol. The van der Waals surface area contributed by atoms with E-state index in [0.29, 0.717) is 58.7 Å². The summed E-state index contributed by atoms with van der Waals surface area (Å²) in [6.07, 6.45) is 1.50. The molecule has 152 valence electrons. The van der Waals surface area contributed by atoms with Gasteiger partial charge in [0.05, 0.1) is 22.8 Å². The minimum absolute atomic E-state index is 0.288. The average Bonchev–Trinajstić information content (AvgIpc) is 3.11. The predicted octanol–water partition coefficient (Wildman–Crippen LogP) is 3.30. The second kappa shape index (κ2) is 7.60. The van der Waals surface area contributed by atoms with Gasteiger partial charge in [-0.2, -0.15) is 0 Å². The summed E-state index contributed by atoms with van der Waals surface area (Å²) in [5.74, 6) is 1.33. The highest BCUT2D eigenvalue weighted by Crippen LogP contribution is 2.32. The van der Waals surface area contributed by atoms with Crippen LogP contribution in [0.3, 0.4) is 0 Å². The number of H-pyrrole nitrogens is 1. The van der Waals surface area contributed by atoms with Crippen molar-refractivity contribution in [2.75, 3.05) is 12.8 Å². The first-order valence-corrected chi connectivity index (χ1v) is 11.4. The Kier molecular flexibility index (Phi) is 5.29. The number of hydrogen-bond acceptors (Lipinski definition) is 6. The Balaban J connectivity index is 1.54. The van der Waals surface area contributed by atoms with E-state index in [2.05, 4.69) is 9.97 Å². The molecule has 0 bridgehead atoms. The molecule has 4 rings (SSSR count). The standard InChI is InChI=1S/C19H17Cl2N3O4S/c1-29(26,27)19-22-16-6-7-24(10-14(16)18(25)23-19)9-12-3-5-17(28-12)13-8-11(20)2-4-15(13)21/h2-5,8H,6-7,9-10H2,1H3,(H,22,23,25). The van der Waals surface area contributed by atoms with E-state index >= 15 is 0 Å². The van der Waals surface area contributed by atoms with Gasteiger partial charge in [-0.3, -0.25) is 14.7 Å². The molecule has 29 heavy (non-hydrogen) atoms. The quantitative estimate of drug-likeness (QED) is 0.608. The topological polar surface area (TPSA) is 96.3 Å². The van der Waals surface area contributed by atoms with E-state index in [-0.39, 0.29) is 5.16 Å². The molecule has 0 aliphatic carbocycles. The molecule has 0 atom stereocenters. The number of halogens is 2. The number of benzene rings is 1. The van der Waals surface area contributed by atoms with Crippen molar-refractivity contribution in [2.24, 2.45) is 0 Å². The van der Waals surface area contributed by atoms with Crippen molar-refractivity contribution < 1.29 is 12.8 Å². The number of hydrogen-bond donors (Lipinski definition) is 1. The summed E-state index contributed by atoms with van der Waals surface area (Å²) in [5.41, 5.74) is 1.29. The maximum atomic E-state index is 12.4. The summed E-state index contributed by atoms with van der Waals surface area (Å²) in [5, 5.41) is 0.820. The molecule has 1 N–H and O–H groups in total. The Labute approximate surface area is 177 Å². The molecule has 0 saturated heterocycles. The van der Waals surface area contributed by atoms with Crippen LogP contribution in [0.4, 0.5) is 0 Å². The lowest BCUT2D eigenvalue weighted by Crippen LogP contribution is -2.36. The first-order valence-electron chi connectivity index (χ1n) is 8.79. The fourth-order valence-electron chi connectivity index (χ4n) is 3.28. The van der Waals surface area contributed by atoms with Crippen molar-refractivity contribution >= 4 is 33.0 Å². The molecule has 0 saturated carbocycles. The molecule has 0 radical (unpaired) electrons. The maximum absolute atomic E-state index is 12.4. The summed E-state index contributed by atoms with van der Waals surface area (Å²) in [4.78, 5) is 20.9. The van der Waals surface area contributed by atoms with Gasteiger partial charge in [0.25, 0.3) is 5.56 Å². The molecule has 1 aliphatic rings. The van der Waals surface area contributed by atoms with Gasteiger partial charge in [-0.1, -0.05) is 23.2 Å². The highest BCUT2D eigenvalue weighted by atomic mass is 35.5. The lowest BCUT2D eigenvalue weighted by Gasteiger charge is -2.26. The summed E-state index contributed by atoms with van der Waals surface area (Å²) < 4.78 is 29.3. The lowest BCUT2D eigenvalue weighted by atomic mass is 10.1. The van der Waals surface area contributed by atoms with E-state index in [9.17, 15) is 13.2 Å². The molecule has 0 amide bonds. The number of rotatable bonds is 4. The first kappa shape index (κ1) is 20.2. The van der Waals surface area contributed by atoms with Gasteiger partial charge >= 0.3 is 0 Å². The van der Waals surface area contributed by atoms with Crippen molar-refractivity contribution in [3.8, 4) is 11.3 Å². The average molecular weight is 454 g/mol. The van der Waals surface area contributed by atoms with Crippen LogP contribution < -0.4 is 5.56 Å². The predicted molar refractivity (Wildman–Crippen MR) is 110 cm³/mol. The maximum Gasteiger partial charge on any atom is 0.256 e. The molecule has 10 heteroatoms. The molecular formula is C19H17Cl2N3O4S. The van der Waals surface area contributed by atoms with Crippen LogP contribution in [-0.4, -0.2) is 36.1 Å². The number of aromatic nitrogens is 2. The van der Waals surface area contributed by atoms with Crippen LogP contribution in [-0.2, 0) is 29.3 Å². The van der Waals surface area contributed by atoms with Crippen molar-refractivity contribution in [3.63, 3.8) is 0 Å². The highest BCUT2D eigenvalue weighted by Gasteiger charge is 2.24. The summed E-state index contributed by atoms with van der Waals surface area (Å²) in [6.45, 7) is 1.47. The summed E-state index contributed by atoms with van der Waals surface area (Å²) in [6, 6.07) is 8.86. The van der Waals surface area contributed by atoms with Gasteiger partial charge in [0.1, 0.15) is 11.5 Å². The number of sulfone groups is 1. The monoisotopic (exact) mass is 453 g/mol. The minimum atomic E-state index is -3.57. The van der Waals surface area contributed by atoms with Crippen LogP contribution in [0.5, 0.6) is 0 Å². The molecule has 1 aliphatic heterocycles.